The molecule has 0 radical (unpaired) electrons. The van der Waals surface area contributed by atoms with E-state index in [0.717, 1.165) is 23.4 Å². The number of sulfonamides is 1. The zero-order chi connectivity index (χ0) is 22.7. The van der Waals surface area contributed by atoms with Crippen LogP contribution >= 0.6 is 11.3 Å². The number of nitrogens with one attached hydrogen (secondary N) is 1. The molecule has 3 heterocycles. The maximum Gasteiger partial charge on any atom is 0.227 e. The Morgan fingerprint density at radius 3 is 2.69 bits per heavy atom. The van der Waals surface area contributed by atoms with Gasteiger partial charge in [0.15, 0.2) is 0 Å². The molecule has 3 aromatic rings. The Hall–Kier alpha value is -2.91. The van der Waals surface area contributed by atoms with Crippen LogP contribution in [0.2, 0.25) is 0 Å². The summed E-state index contributed by atoms with van der Waals surface area (Å²) in [5.74, 6) is 0.428. The van der Waals surface area contributed by atoms with E-state index in [1.54, 1.807) is 17.8 Å². The number of aryl methyl sites for hydroxylation is 1. The summed E-state index contributed by atoms with van der Waals surface area (Å²) in [5.41, 5.74) is 5.87. The number of benzene rings is 1. The summed E-state index contributed by atoms with van der Waals surface area (Å²) in [5, 5.41) is 12.5. The number of hydrogen-bond donors (Lipinski definition) is 1. The van der Waals surface area contributed by atoms with Crippen molar-refractivity contribution in [3.8, 4) is 17.5 Å². The molecule has 0 amide bonds. The molecule has 1 N–H and O–H groups in total. The first-order valence-electron chi connectivity index (χ1n) is 10.0. The van der Waals surface area contributed by atoms with Crippen LogP contribution in [0.3, 0.4) is 0 Å². The number of aromatic nitrogens is 3. The van der Waals surface area contributed by atoms with Crippen molar-refractivity contribution in [1.82, 2.24) is 24.2 Å². The van der Waals surface area contributed by atoms with Gasteiger partial charge in [-0.3, -0.25) is 4.90 Å². The lowest BCUT2D eigenvalue weighted by atomic mass is 10.1. The summed E-state index contributed by atoms with van der Waals surface area (Å²) in [6, 6.07) is 10.1. The van der Waals surface area contributed by atoms with Crippen molar-refractivity contribution in [2.75, 3.05) is 37.8 Å². The molecule has 1 saturated heterocycles. The van der Waals surface area contributed by atoms with Gasteiger partial charge in [-0.25, -0.2) is 23.4 Å². The van der Waals surface area contributed by atoms with Crippen molar-refractivity contribution in [3.63, 3.8) is 0 Å². The molecule has 9 nitrogen and oxygen atoms in total. The maximum atomic E-state index is 11.7. The van der Waals surface area contributed by atoms with Crippen LogP contribution in [-0.4, -0.2) is 65.0 Å². The van der Waals surface area contributed by atoms with E-state index in [-0.39, 0.29) is 0 Å². The van der Waals surface area contributed by atoms with E-state index < -0.39 is 10.0 Å². The van der Waals surface area contributed by atoms with Gasteiger partial charge in [-0.05, 0) is 36.2 Å². The summed E-state index contributed by atoms with van der Waals surface area (Å²) in [4.78, 5) is 15.8. The van der Waals surface area contributed by atoms with Crippen LogP contribution in [0.15, 0.2) is 36.0 Å². The van der Waals surface area contributed by atoms with Gasteiger partial charge in [0, 0.05) is 44.6 Å². The molecule has 1 fully saturated rings. The molecular formula is C21H23N7O2S2. The molecule has 1 aliphatic rings. The molecule has 0 saturated carbocycles. The highest BCUT2D eigenvalue weighted by Crippen LogP contribution is 2.25. The van der Waals surface area contributed by atoms with Gasteiger partial charge >= 0.3 is 0 Å². The van der Waals surface area contributed by atoms with Gasteiger partial charge < -0.3 is 5.32 Å². The summed E-state index contributed by atoms with van der Waals surface area (Å²) >= 11 is 1.28. The Kier molecular flexibility index (Phi) is 6.48. The van der Waals surface area contributed by atoms with E-state index >= 15 is 0 Å². The molecule has 11 heteroatoms. The highest BCUT2D eigenvalue weighted by molar-refractivity contribution is 7.88. The minimum absolute atomic E-state index is 0.428. The van der Waals surface area contributed by atoms with Crippen LogP contribution in [-0.2, 0) is 16.6 Å². The zero-order valence-corrected chi connectivity index (χ0v) is 19.4. The quantitative estimate of drug-likeness (QED) is 0.586. The summed E-state index contributed by atoms with van der Waals surface area (Å²) in [6.45, 7) is 5.18. The number of rotatable bonds is 6. The Labute approximate surface area is 191 Å². The lowest BCUT2D eigenvalue weighted by molar-refractivity contribution is 0.182. The first-order chi connectivity index (χ1) is 15.3. The van der Waals surface area contributed by atoms with Crippen molar-refractivity contribution in [2.24, 2.45) is 0 Å². The van der Waals surface area contributed by atoms with Crippen LogP contribution < -0.4 is 5.32 Å². The van der Waals surface area contributed by atoms with Gasteiger partial charge in [0.2, 0.25) is 16.0 Å². The molecule has 0 spiro atoms. The molecule has 1 aliphatic heterocycles. The zero-order valence-electron chi connectivity index (χ0n) is 17.8. The van der Waals surface area contributed by atoms with Gasteiger partial charge in [0.05, 0.1) is 17.5 Å². The van der Waals surface area contributed by atoms with E-state index in [0.29, 0.717) is 48.4 Å². The number of nitrogens with zero attached hydrogens (tertiary/aromatic N) is 6. The molecule has 1 aromatic carbocycles. The molecule has 0 unspecified atom stereocenters. The molecule has 0 bridgehead atoms. The number of thiazole rings is 1. The van der Waals surface area contributed by atoms with Crippen molar-refractivity contribution in [1.29, 1.82) is 5.26 Å². The molecular weight excluding hydrogens is 446 g/mol. The number of nitriles is 1. The topological polar surface area (TPSA) is 115 Å². The van der Waals surface area contributed by atoms with Crippen molar-refractivity contribution < 1.29 is 8.42 Å². The standard InChI is InChI=1S/C21H23N7O2S2/c1-15-9-16(13-27-5-7-28(8-6-27)32(2,29)30)11-17(10-15)25-21-23-4-3-18(26-21)20-19(12-22)31-14-24-20/h3-4,9-11,14H,5-8,13H2,1-2H3,(H,23,25,26). The number of anilines is 2. The minimum Gasteiger partial charge on any atom is -0.324 e. The molecule has 0 atom stereocenters. The third-order valence-electron chi connectivity index (χ3n) is 5.17. The van der Waals surface area contributed by atoms with Crippen molar-refractivity contribution >= 4 is 33.0 Å². The Balaban J connectivity index is 1.47. The third-order valence-corrected chi connectivity index (χ3v) is 7.20. The lowest BCUT2D eigenvalue weighted by Crippen LogP contribution is -2.47. The second-order valence-electron chi connectivity index (χ2n) is 7.68. The first-order valence-corrected chi connectivity index (χ1v) is 12.8. The number of piperazine rings is 1. The van der Waals surface area contributed by atoms with Crippen molar-refractivity contribution in [2.45, 2.75) is 13.5 Å². The SMILES string of the molecule is Cc1cc(CN2CCN(S(C)(=O)=O)CC2)cc(Nc2nccc(-c3ncsc3C#N)n2)c1. The van der Waals surface area contributed by atoms with Gasteiger partial charge in [0.25, 0.3) is 0 Å². The van der Waals surface area contributed by atoms with Gasteiger partial charge in [-0.1, -0.05) is 6.07 Å². The van der Waals surface area contributed by atoms with E-state index in [9.17, 15) is 13.7 Å². The maximum absolute atomic E-state index is 11.7. The fourth-order valence-corrected chi connectivity index (χ4v) is 5.10. The summed E-state index contributed by atoms with van der Waals surface area (Å²) in [6.07, 6.45) is 2.90. The van der Waals surface area contributed by atoms with Crippen molar-refractivity contribution in [3.05, 3.63) is 52.0 Å². The Morgan fingerprint density at radius 1 is 1.19 bits per heavy atom. The molecule has 0 aliphatic carbocycles. The minimum atomic E-state index is -3.13. The van der Waals surface area contributed by atoms with Gasteiger partial charge in [-0.2, -0.15) is 9.57 Å². The highest BCUT2D eigenvalue weighted by Gasteiger charge is 2.23. The summed E-state index contributed by atoms with van der Waals surface area (Å²) < 4.78 is 25.0. The van der Waals surface area contributed by atoms with E-state index in [1.165, 1.54) is 21.9 Å². The Morgan fingerprint density at radius 2 is 1.97 bits per heavy atom. The fraction of sp³-hybridized carbons (Fsp3) is 0.333. The average Bonchev–Trinajstić information content (AvgIpc) is 3.22. The van der Waals surface area contributed by atoms with Crippen LogP contribution in [0.25, 0.3) is 11.4 Å². The van der Waals surface area contributed by atoms with E-state index in [1.807, 2.05) is 13.0 Å². The van der Waals surface area contributed by atoms with E-state index in [4.69, 9.17) is 0 Å². The largest absolute Gasteiger partial charge is 0.324 e. The first kappa shape index (κ1) is 22.3. The van der Waals surface area contributed by atoms with Crippen LogP contribution in [0.4, 0.5) is 11.6 Å². The van der Waals surface area contributed by atoms with Crippen LogP contribution in [0.1, 0.15) is 16.0 Å². The molecule has 166 valence electrons. The smallest absolute Gasteiger partial charge is 0.227 e. The monoisotopic (exact) mass is 469 g/mol. The lowest BCUT2D eigenvalue weighted by Gasteiger charge is -2.33. The molecule has 2 aromatic heterocycles. The second kappa shape index (κ2) is 9.30. The number of hydrogen-bond acceptors (Lipinski definition) is 9. The second-order valence-corrected chi connectivity index (χ2v) is 10.5. The predicted octanol–water partition coefficient (Wildman–Crippen LogP) is 2.60. The molecule has 32 heavy (non-hydrogen) atoms. The van der Waals surface area contributed by atoms with Crippen LogP contribution in [0.5, 0.6) is 0 Å². The Bertz CT molecular complexity index is 1260. The highest BCUT2D eigenvalue weighted by atomic mass is 32.2. The van der Waals surface area contributed by atoms with Gasteiger partial charge in [-0.15, -0.1) is 11.3 Å². The normalized spacial score (nSPS) is 15.4. The third kappa shape index (κ3) is 5.28. The van der Waals surface area contributed by atoms with Crippen LogP contribution in [0, 0.1) is 18.3 Å². The average molecular weight is 470 g/mol. The summed E-state index contributed by atoms with van der Waals surface area (Å²) in [7, 11) is -3.13. The predicted molar refractivity (Wildman–Crippen MR) is 124 cm³/mol. The van der Waals surface area contributed by atoms with Gasteiger partial charge in [0.1, 0.15) is 16.6 Å². The fourth-order valence-electron chi connectivity index (χ4n) is 3.69. The molecule has 4 rings (SSSR count). The van der Waals surface area contributed by atoms with E-state index in [2.05, 4.69) is 43.4 Å².